The van der Waals surface area contributed by atoms with E-state index in [2.05, 4.69) is 42.9 Å². The highest BCUT2D eigenvalue weighted by molar-refractivity contribution is 5.64. The molecule has 1 aromatic carbocycles. The van der Waals surface area contributed by atoms with Crippen molar-refractivity contribution in [2.24, 2.45) is 11.7 Å². The van der Waals surface area contributed by atoms with Crippen molar-refractivity contribution in [2.45, 2.75) is 34.3 Å². The van der Waals surface area contributed by atoms with Gasteiger partial charge in [-0.1, -0.05) is 12.1 Å². The Kier molecular flexibility index (Phi) is 8.48. The number of nitrogens with zero attached hydrogens (tertiary/aromatic N) is 3. The summed E-state index contributed by atoms with van der Waals surface area (Å²) in [6, 6.07) is 12.2. The molecule has 2 heterocycles. The van der Waals surface area contributed by atoms with Crippen molar-refractivity contribution >= 4 is 12.1 Å². The van der Waals surface area contributed by atoms with E-state index in [4.69, 9.17) is 20.4 Å². The summed E-state index contributed by atoms with van der Waals surface area (Å²) in [6.45, 7) is 8.53. The normalized spacial score (nSPS) is 10.0. The largest absolute Gasteiger partial charge is 0.473 e. The number of rotatable bonds is 6. The molecular weight excluding hydrogens is 392 g/mol. The first-order valence-electron chi connectivity index (χ1n) is 9.79. The maximum absolute atomic E-state index is 8.94. The van der Waals surface area contributed by atoms with Crippen LogP contribution in [0.3, 0.4) is 0 Å². The van der Waals surface area contributed by atoms with Gasteiger partial charge in [-0.15, -0.1) is 0 Å². The van der Waals surface area contributed by atoms with E-state index in [0.717, 1.165) is 39.3 Å². The van der Waals surface area contributed by atoms with Crippen LogP contribution in [-0.4, -0.2) is 23.4 Å². The van der Waals surface area contributed by atoms with Crippen LogP contribution in [0.5, 0.6) is 5.88 Å². The predicted molar refractivity (Wildman–Crippen MR) is 123 cm³/mol. The van der Waals surface area contributed by atoms with Crippen molar-refractivity contribution in [1.29, 1.82) is 0 Å². The van der Waals surface area contributed by atoms with E-state index in [9.17, 15) is 0 Å². The molecule has 5 N–H and O–H groups in total. The Morgan fingerprint density at radius 3 is 2.45 bits per heavy atom. The zero-order valence-electron chi connectivity index (χ0n) is 18.6. The lowest BCUT2D eigenvalue weighted by molar-refractivity contribution is -0.109. The number of carbonyl (C=O) groups excluding carboxylic acids is 1. The van der Waals surface area contributed by atoms with Crippen molar-refractivity contribution in [3.8, 4) is 17.1 Å². The number of anilines is 1. The van der Waals surface area contributed by atoms with E-state index < -0.39 is 0 Å². The maximum atomic E-state index is 8.94. The molecule has 8 nitrogen and oxygen atoms in total. The van der Waals surface area contributed by atoms with Crippen LogP contribution in [0.2, 0.25) is 0 Å². The second-order valence-electron chi connectivity index (χ2n) is 7.22. The predicted octanol–water partition coefficient (Wildman–Crippen LogP) is 2.87. The highest BCUT2D eigenvalue weighted by Gasteiger charge is 2.13. The quantitative estimate of drug-likeness (QED) is 0.242. The molecule has 0 aliphatic rings. The third-order valence-corrected chi connectivity index (χ3v) is 4.74. The number of nitrogens with one attached hydrogen (secondary N) is 1. The highest BCUT2D eigenvalue weighted by atomic mass is 16.5. The van der Waals surface area contributed by atoms with Gasteiger partial charge < -0.3 is 9.75 Å². The SMILES string of the molecule is Cc1ccnc(-c2cc(C)c(OCc3c(C)cccc3N(C)N)nc2C)c1.NNC=O. The van der Waals surface area contributed by atoms with Crippen LogP contribution < -0.4 is 26.9 Å². The minimum Gasteiger partial charge on any atom is -0.473 e. The molecule has 0 bridgehead atoms. The fraction of sp³-hybridized carbons (Fsp3) is 0.261. The third-order valence-electron chi connectivity index (χ3n) is 4.74. The molecule has 0 saturated heterocycles. The number of nitrogens with two attached hydrogens (primary N) is 2. The number of hydrogen-bond donors (Lipinski definition) is 3. The van der Waals surface area contributed by atoms with Gasteiger partial charge in [0.2, 0.25) is 12.3 Å². The molecule has 0 aliphatic heterocycles. The van der Waals surface area contributed by atoms with Crippen molar-refractivity contribution in [3.63, 3.8) is 0 Å². The minimum atomic E-state index is 0.403. The van der Waals surface area contributed by atoms with Crippen LogP contribution in [0.1, 0.15) is 27.9 Å². The molecule has 3 aromatic rings. The van der Waals surface area contributed by atoms with Crippen LogP contribution in [-0.2, 0) is 11.4 Å². The van der Waals surface area contributed by atoms with Crippen molar-refractivity contribution < 1.29 is 9.53 Å². The molecule has 8 heteroatoms. The number of hydrogen-bond acceptors (Lipinski definition) is 7. The van der Waals surface area contributed by atoms with E-state index in [1.54, 1.807) is 10.4 Å². The minimum absolute atomic E-state index is 0.403. The summed E-state index contributed by atoms with van der Waals surface area (Å²) in [6.07, 6.45) is 2.23. The Morgan fingerprint density at radius 2 is 1.84 bits per heavy atom. The maximum Gasteiger partial charge on any atom is 0.221 e. The number of aryl methyl sites for hydroxylation is 4. The fourth-order valence-electron chi connectivity index (χ4n) is 3.12. The highest BCUT2D eigenvalue weighted by Crippen LogP contribution is 2.28. The lowest BCUT2D eigenvalue weighted by Gasteiger charge is -2.19. The van der Waals surface area contributed by atoms with Crippen molar-refractivity contribution in [2.75, 3.05) is 12.1 Å². The van der Waals surface area contributed by atoms with Gasteiger partial charge in [-0.3, -0.25) is 15.2 Å². The van der Waals surface area contributed by atoms with E-state index in [0.29, 0.717) is 18.9 Å². The first-order chi connectivity index (χ1) is 14.8. The summed E-state index contributed by atoms with van der Waals surface area (Å²) < 4.78 is 6.08. The molecule has 0 radical (unpaired) electrons. The van der Waals surface area contributed by atoms with Gasteiger partial charge >= 0.3 is 0 Å². The number of carbonyl (C=O) groups is 1. The van der Waals surface area contributed by atoms with Crippen molar-refractivity contribution in [1.82, 2.24) is 15.4 Å². The van der Waals surface area contributed by atoms with E-state index in [1.807, 2.05) is 45.3 Å². The first-order valence-corrected chi connectivity index (χ1v) is 9.79. The summed E-state index contributed by atoms with van der Waals surface area (Å²) in [7, 11) is 1.83. The lowest BCUT2D eigenvalue weighted by Crippen LogP contribution is -2.26. The van der Waals surface area contributed by atoms with Crippen LogP contribution in [0.4, 0.5) is 5.69 Å². The summed E-state index contributed by atoms with van der Waals surface area (Å²) >= 11 is 0. The van der Waals surface area contributed by atoms with Gasteiger partial charge in [-0.2, -0.15) is 0 Å². The fourth-order valence-corrected chi connectivity index (χ4v) is 3.12. The topological polar surface area (TPSA) is 119 Å². The Balaban J connectivity index is 0.000000785. The molecule has 0 unspecified atom stereocenters. The van der Waals surface area contributed by atoms with Crippen LogP contribution >= 0.6 is 0 Å². The molecule has 3 rings (SSSR count). The summed E-state index contributed by atoms with van der Waals surface area (Å²) in [5.74, 6) is 11.0. The van der Waals surface area contributed by atoms with Gasteiger partial charge in [0.05, 0.1) is 17.1 Å². The average Bonchev–Trinajstić information content (AvgIpc) is 2.74. The number of pyridine rings is 2. The Morgan fingerprint density at radius 1 is 1.13 bits per heavy atom. The number of hydrazine groups is 2. The Bertz CT molecular complexity index is 1040. The standard InChI is InChI=1S/C22H26N4O.CH4N2O/c1-14-9-10-24-20(11-14)18-12-16(3)22(25-17(18)4)27-13-19-15(2)7-6-8-21(19)26(5)23;2-3-1-4/h6-12H,13,23H2,1-5H3;1H,2H2,(H,3,4). The summed E-state index contributed by atoms with van der Waals surface area (Å²) in [5.41, 5.74) is 9.91. The van der Waals surface area contributed by atoms with Crippen LogP contribution in [0, 0.1) is 27.7 Å². The summed E-state index contributed by atoms with van der Waals surface area (Å²) in [5, 5.41) is 1.61. The molecule has 1 amide bonds. The molecular formula is C23H30N6O2. The number of benzene rings is 1. The summed E-state index contributed by atoms with van der Waals surface area (Å²) in [4.78, 5) is 18.1. The van der Waals surface area contributed by atoms with Gasteiger partial charge in [0.25, 0.3) is 0 Å². The van der Waals surface area contributed by atoms with Gasteiger partial charge in [-0.25, -0.2) is 16.7 Å². The van der Waals surface area contributed by atoms with Gasteiger partial charge in [0, 0.05) is 29.9 Å². The van der Waals surface area contributed by atoms with Crippen LogP contribution in [0.15, 0.2) is 42.6 Å². The number of ether oxygens (including phenoxy) is 1. The van der Waals surface area contributed by atoms with E-state index in [-0.39, 0.29) is 0 Å². The second-order valence-corrected chi connectivity index (χ2v) is 7.22. The average molecular weight is 423 g/mol. The van der Waals surface area contributed by atoms with Crippen molar-refractivity contribution in [3.05, 3.63) is 70.5 Å². The molecule has 0 atom stereocenters. The number of amides is 1. The molecule has 0 saturated carbocycles. The van der Waals surface area contributed by atoms with Crippen LogP contribution in [0.25, 0.3) is 11.3 Å². The molecule has 0 aliphatic carbocycles. The van der Waals surface area contributed by atoms with Gasteiger partial charge in [0.1, 0.15) is 6.61 Å². The monoisotopic (exact) mass is 422 g/mol. The van der Waals surface area contributed by atoms with Gasteiger partial charge in [-0.05, 0) is 63.1 Å². The molecule has 2 aromatic heterocycles. The molecule has 0 spiro atoms. The Hall–Kier alpha value is -3.49. The molecule has 31 heavy (non-hydrogen) atoms. The van der Waals surface area contributed by atoms with Gasteiger partial charge in [0.15, 0.2) is 0 Å². The first kappa shape index (κ1) is 23.8. The molecule has 164 valence electrons. The Labute approximate surface area is 183 Å². The van der Waals surface area contributed by atoms with E-state index in [1.165, 1.54) is 5.56 Å². The molecule has 0 fully saturated rings. The second kappa shape index (κ2) is 11.1. The zero-order chi connectivity index (χ0) is 23.0. The zero-order valence-corrected chi connectivity index (χ0v) is 18.6. The lowest BCUT2D eigenvalue weighted by atomic mass is 10.1. The smallest absolute Gasteiger partial charge is 0.221 e. The third kappa shape index (κ3) is 6.24. The number of aromatic nitrogens is 2. The van der Waals surface area contributed by atoms with E-state index >= 15 is 0 Å².